The molecule has 0 aliphatic carbocycles. The lowest BCUT2D eigenvalue weighted by Crippen LogP contribution is -2.48. The van der Waals surface area contributed by atoms with Crippen LogP contribution in [0.15, 0.2) is 48.7 Å². The van der Waals surface area contributed by atoms with Crippen LogP contribution in [0.5, 0.6) is 5.75 Å². The molecule has 1 fully saturated rings. The topological polar surface area (TPSA) is 130 Å². The van der Waals surface area contributed by atoms with E-state index < -0.39 is 12.1 Å². The number of hydrogen-bond donors (Lipinski definition) is 2. The Hall–Kier alpha value is -5.00. The van der Waals surface area contributed by atoms with Crippen LogP contribution in [0.2, 0.25) is 0 Å². The molecule has 2 aliphatic heterocycles. The SMILES string of the molecule is COC(=O)Nc1nc2ncc(-c3cc(C)c4c(c3)CN(C(=O)N3CCC(=O)CC3c3ccc(F)cc3)CCO4)cc2[nH]1. The average molecular weight is 573 g/mol. The fourth-order valence-corrected chi connectivity index (χ4v) is 5.53. The van der Waals surface area contributed by atoms with Crippen molar-refractivity contribution in [3.05, 3.63) is 71.2 Å². The van der Waals surface area contributed by atoms with E-state index in [0.717, 1.165) is 33.6 Å². The second-order valence-corrected chi connectivity index (χ2v) is 10.4. The van der Waals surface area contributed by atoms with Gasteiger partial charge in [-0.1, -0.05) is 12.1 Å². The summed E-state index contributed by atoms with van der Waals surface area (Å²) in [5.41, 5.74) is 5.26. The highest BCUT2D eigenvalue weighted by molar-refractivity contribution is 5.87. The number of methoxy groups -OCH3 is 1. The summed E-state index contributed by atoms with van der Waals surface area (Å²) in [6, 6.07) is 11.2. The number of ether oxygens (including phenoxy) is 2. The summed E-state index contributed by atoms with van der Waals surface area (Å²) in [7, 11) is 1.27. The molecule has 1 atom stereocenters. The number of imidazole rings is 1. The van der Waals surface area contributed by atoms with Crippen molar-refractivity contribution in [1.29, 1.82) is 0 Å². The first-order valence-electron chi connectivity index (χ1n) is 13.6. The maximum Gasteiger partial charge on any atom is 0.413 e. The lowest BCUT2D eigenvalue weighted by molar-refractivity contribution is -0.122. The van der Waals surface area contributed by atoms with Crippen LogP contribution in [0, 0.1) is 12.7 Å². The average Bonchev–Trinajstić information content (AvgIpc) is 3.25. The zero-order chi connectivity index (χ0) is 29.4. The molecule has 0 bridgehead atoms. The van der Waals surface area contributed by atoms with Crippen molar-refractivity contribution < 1.29 is 28.2 Å². The molecule has 11 nitrogen and oxygen atoms in total. The third-order valence-corrected chi connectivity index (χ3v) is 7.60. The van der Waals surface area contributed by atoms with Gasteiger partial charge in [-0.05, 0) is 53.9 Å². The number of aryl methyl sites for hydroxylation is 1. The van der Waals surface area contributed by atoms with Gasteiger partial charge in [0.05, 0.1) is 31.8 Å². The Kier molecular flexibility index (Phi) is 7.19. The predicted molar refractivity (Wildman–Crippen MR) is 151 cm³/mol. The Labute approximate surface area is 240 Å². The number of benzene rings is 2. The Balaban J connectivity index is 1.28. The normalized spacial score (nSPS) is 16.9. The van der Waals surface area contributed by atoms with Crippen LogP contribution in [-0.2, 0) is 16.1 Å². The Bertz CT molecular complexity index is 1690. The summed E-state index contributed by atoms with van der Waals surface area (Å²) < 4.78 is 24.3. The van der Waals surface area contributed by atoms with Crippen molar-refractivity contribution >= 4 is 35.0 Å². The molecule has 4 aromatic rings. The van der Waals surface area contributed by atoms with Crippen LogP contribution >= 0.6 is 0 Å². The molecule has 216 valence electrons. The van der Waals surface area contributed by atoms with Crippen molar-refractivity contribution in [3.8, 4) is 16.9 Å². The van der Waals surface area contributed by atoms with Crippen molar-refractivity contribution in [2.24, 2.45) is 0 Å². The lowest BCUT2D eigenvalue weighted by Gasteiger charge is -2.38. The number of amides is 3. The lowest BCUT2D eigenvalue weighted by atomic mass is 9.94. The van der Waals surface area contributed by atoms with Crippen LogP contribution in [0.25, 0.3) is 22.3 Å². The number of pyridine rings is 1. The van der Waals surface area contributed by atoms with E-state index in [4.69, 9.17) is 4.74 Å². The number of likely N-dealkylation sites (tertiary alicyclic amines) is 1. The largest absolute Gasteiger partial charge is 0.491 e. The fourth-order valence-electron chi connectivity index (χ4n) is 5.53. The number of rotatable bonds is 3. The number of ketones is 1. The maximum absolute atomic E-state index is 13.9. The number of urea groups is 1. The molecule has 42 heavy (non-hydrogen) atoms. The number of carbonyl (C=O) groups is 3. The zero-order valence-electron chi connectivity index (χ0n) is 23.1. The van der Waals surface area contributed by atoms with Gasteiger partial charge in [-0.15, -0.1) is 0 Å². The molecule has 0 radical (unpaired) electrons. The first-order chi connectivity index (χ1) is 20.3. The first kappa shape index (κ1) is 27.2. The summed E-state index contributed by atoms with van der Waals surface area (Å²) in [6.45, 7) is 3.27. The van der Waals surface area contributed by atoms with Gasteiger partial charge in [0.25, 0.3) is 0 Å². The highest BCUT2D eigenvalue weighted by Gasteiger charge is 2.35. The summed E-state index contributed by atoms with van der Waals surface area (Å²) in [5, 5.41) is 2.50. The van der Waals surface area contributed by atoms with E-state index in [2.05, 4.69) is 25.0 Å². The number of Topliss-reactive ketones (excluding diaryl/α,β-unsaturated/α-hetero) is 1. The second kappa shape index (κ2) is 11.1. The van der Waals surface area contributed by atoms with Gasteiger partial charge in [-0.25, -0.2) is 19.0 Å². The van der Waals surface area contributed by atoms with Gasteiger partial charge in [-0.3, -0.25) is 10.1 Å². The Morgan fingerprint density at radius 2 is 1.95 bits per heavy atom. The molecule has 12 heteroatoms. The highest BCUT2D eigenvalue weighted by Crippen LogP contribution is 2.35. The van der Waals surface area contributed by atoms with Crippen molar-refractivity contribution in [2.75, 3.05) is 32.1 Å². The zero-order valence-corrected chi connectivity index (χ0v) is 23.1. The smallest absolute Gasteiger partial charge is 0.413 e. The number of aromatic amines is 1. The van der Waals surface area contributed by atoms with Crippen molar-refractivity contribution in [1.82, 2.24) is 24.8 Å². The molecule has 1 saturated heterocycles. The Morgan fingerprint density at radius 3 is 2.74 bits per heavy atom. The van der Waals surface area contributed by atoms with E-state index in [-0.39, 0.29) is 36.4 Å². The third kappa shape index (κ3) is 5.35. The summed E-state index contributed by atoms with van der Waals surface area (Å²) in [5.74, 6) is 0.666. The minimum absolute atomic E-state index is 0.0780. The van der Waals surface area contributed by atoms with E-state index in [0.29, 0.717) is 37.4 Å². The minimum atomic E-state index is -0.644. The van der Waals surface area contributed by atoms with Crippen LogP contribution in [-0.4, -0.2) is 69.5 Å². The number of halogens is 1. The van der Waals surface area contributed by atoms with Crippen molar-refractivity contribution in [2.45, 2.75) is 32.4 Å². The highest BCUT2D eigenvalue weighted by atomic mass is 19.1. The number of aromatic nitrogens is 3. The molecule has 0 spiro atoms. The minimum Gasteiger partial charge on any atom is -0.491 e. The molecular formula is C30H29FN6O5. The van der Waals surface area contributed by atoms with Crippen LogP contribution < -0.4 is 10.1 Å². The van der Waals surface area contributed by atoms with Crippen LogP contribution in [0.4, 0.5) is 19.9 Å². The van der Waals surface area contributed by atoms with Gasteiger partial charge >= 0.3 is 12.1 Å². The number of fused-ring (bicyclic) bond motifs is 2. The molecule has 2 aromatic carbocycles. The van der Waals surface area contributed by atoms with E-state index in [9.17, 15) is 18.8 Å². The molecule has 2 aliphatic rings. The standard InChI is InChI=1S/C30H29FN6O5/c1-17-11-19(20-13-24-27(32-15-20)34-28(33-24)35-29(39)41-2)12-21-16-36(9-10-42-26(17)21)30(40)37-8-7-23(38)14-25(37)18-3-5-22(31)6-4-18/h3-6,11-13,15,25H,7-10,14,16H2,1-2H3,(H2,32,33,34,35,39). The number of anilines is 1. The quantitative estimate of drug-likeness (QED) is 0.355. The van der Waals surface area contributed by atoms with Crippen molar-refractivity contribution in [3.63, 3.8) is 0 Å². The number of carbonyl (C=O) groups excluding carboxylic acids is 3. The number of hydrogen-bond acceptors (Lipinski definition) is 7. The van der Waals surface area contributed by atoms with Gasteiger partial charge in [0.2, 0.25) is 5.95 Å². The third-order valence-electron chi connectivity index (χ3n) is 7.60. The molecule has 6 rings (SSSR count). The molecule has 2 aromatic heterocycles. The van der Waals surface area contributed by atoms with Gasteiger partial charge < -0.3 is 24.3 Å². The van der Waals surface area contributed by atoms with E-state index >= 15 is 0 Å². The first-order valence-corrected chi connectivity index (χ1v) is 13.6. The Morgan fingerprint density at radius 1 is 1.14 bits per heavy atom. The van der Waals surface area contributed by atoms with Gasteiger partial charge in [0.15, 0.2) is 5.65 Å². The summed E-state index contributed by atoms with van der Waals surface area (Å²) in [4.78, 5) is 53.0. The number of H-pyrrole nitrogens is 1. The van der Waals surface area contributed by atoms with E-state index in [1.807, 2.05) is 25.1 Å². The van der Waals surface area contributed by atoms with E-state index in [1.165, 1.54) is 19.2 Å². The summed E-state index contributed by atoms with van der Waals surface area (Å²) in [6.07, 6.45) is 1.54. The number of nitrogens with one attached hydrogen (secondary N) is 2. The molecule has 2 N–H and O–H groups in total. The van der Waals surface area contributed by atoms with Crippen LogP contribution in [0.3, 0.4) is 0 Å². The van der Waals surface area contributed by atoms with Crippen LogP contribution in [0.1, 0.15) is 35.6 Å². The number of piperidine rings is 1. The number of nitrogens with zero attached hydrogens (tertiary/aromatic N) is 4. The molecule has 1 unspecified atom stereocenters. The van der Waals surface area contributed by atoms with E-state index in [1.54, 1.807) is 28.1 Å². The molecular weight excluding hydrogens is 543 g/mol. The predicted octanol–water partition coefficient (Wildman–Crippen LogP) is 4.97. The fraction of sp³-hybridized carbons (Fsp3) is 0.300. The molecule has 3 amide bonds. The maximum atomic E-state index is 13.9. The van der Waals surface area contributed by atoms with Gasteiger partial charge in [-0.2, -0.15) is 4.98 Å². The van der Waals surface area contributed by atoms with Gasteiger partial charge in [0.1, 0.15) is 24.0 Å². The molecule has 4 heterocycles. The molecule has 0 saturated carbocycles. The monoisotopic (exact) mass is 572 g/mol. The second-order valence-electron chi connectivity index (χ2n) is 10.4. The van der Waals surface area contributed by atoms with Gasteiger partial charge in [0, 0.05) is 36.7 Å². The summed E-state index contributed by atoms with van der Waals surface area (Å²) >= 11 is 0.